The third-order valence-electron chi connectivity index (χ3n) is 2.31. The Balaban J connectivity index is 2.60. The molecule has 0 spiro atoms. The van der Waals surface area contributed by atoms with Gasteiger partial charge in [-0.25, -0.2) is 9.97 Å². The van der Waals surface area contributed by atoms with Crippen molar-refractivity contribution in [2.75, 3.05) is 17.6 Å². The van der Waals surface area contributed by atoms with Crippen molar-refractivity contribution in [1.82, 2.24) is 9.97 Å². The molecule has 1 aromatic heterocycles. The summed E-state index contributed by atoms with van der Waals surface area (Å²) in [5.41, 5.74) is 7.64. The van der Waals surface area contributed by atoms with Crippen molar-refractivity contribution >= 4 is 11.5 Å². The molecule has 4 nitrogen and oxygen atoms in total. The number of aromatic nitrogens is 2. The summed E-state index contributed by atoms with van der Waals surface area (Å²) in [7, 11) is 0. The number of anilines is 2. The molecule has 0 aliphatic carbocycles. The summed E-state index contributed by atoms with van der Waals surface area (Å²) in [5.74, 6) is 1.28. The summed E-state index contributed by atoms with van der Waals surface area (Å²) in [6.45, 7) is 6.93. The number of hydrogen-bond donors (Lipinski definition) is 2. The van der Waals surface area contributed by atoms with Crippen LogP contribution in [0.25, 0.3) is 0 Å². The summed E-state index contributed by atoms with van der Waals surface area (Å²) in [6.07, 6.45) is 3.61. The van der Waals surface area contributed by atoms with Gasteiger partial charge in [0.15, 0.2) is 5.82 Å². The number of unbranched alkanes of at least 4 members (excludes halogenated alkanes) is 2. The Morgan fingerprint density at radius 3 is 2.53 bits per heavy atom. The number of nitrogens with two attached hydrogens (primary N) is 1. The van der Waals surface area contributed by atoms with Gasteiger partial charge < -0.3 is 11.1 Å². The van der Waals surface area contributed by atoms with Gasteiger partial charge in [0, 0.05) is 6.54 Å². The first-order valence-electron chi connectivity index (χ1n) is 5.49. The highest BCUT2D eigenvalue weighted by atomic mass is 15.0. The molecule has 1 aromatic rings. The number of nitrogen functional groups attached to an aromatic ring is 1. The fraction of sp³-hybridized carbons (Fsp3) is 0.636. The van der Waals surface area contributed by atoms with E-state index < -0.39 is 0 Å². The standard InChI is InChI=1S/C11H20N4/c1-4-5-6-7-13-10-8(2)14-9(3)15-11(10)12/h13H,4-7H2,1-3H3,(H2,12,14,15). The van der Waals surface area contributed by atoms with Gasteiger partial charge in [0.25, 0.3) is 0 Å². The minimum atomic E-state index is 0.552. The molecule has 0 unspecified atom stereocenters. The third-order valence-corrected chi connectivity index (χ3v) is 2.31. The van der Waals surface area contributed by atoms with E-state index in [0.29, 0.717) is 5.82 Å². The second kappa shape index (κ2) is 5.53. The van der Waals surface area contributed by atoms with Crippen molar-refractivity contribution in [1.29, 1.82) is 0 Å². The van der Waals surface area contributed by atoms with Crippen molar-refractivity contribution in [3.63, 3.8) is 0 Å². The minimum Gasteiger partial charge on any atom is -0.382 e. The van der Waals surface area contributed by atoms with E-state index in [1.807, 2.05) is 13.8 Å². The summed E-state index contributed by atoms with van der Waals surface area (Å²) < 4.78 is 0. The lowest BCUT2D eigenvalue weighted by Crippen LogP contribution is -2.09. The largest absolute Gasteiger partial charge is 0.382 e. The number of rotatable bonds is 5. The van der Waals surface area contributed by atoms with Gasteiger partial charge in [0.1, 0.15) is 5.82 Å². The summed E-state index contributed by atoms with van der Waals surface area (Å²) in [4.78, 5) is 8.42. The van der Waals surface area contributed by atoms with E-state index in [2.05, 4.69) is 22.2 Å². The van der Waals surface area contributed by atoms with Crippen LogP contribution >= 0.6 is 0 Å². The van der Waals surface area contributed by atoms with E-state index in [1.165, 1.54) is 12.8 Å². The fourth-order valence-corrected chi connectivity index (χ4v) is 1.55. The van der Waals surface area contributed by atoms with Crippen molar-refractivity contribution in [3.8, 4) is 0 Å². The maximum Gasteiger partial charge on any atom is 0.150 e. The second-order valence-corrected chi connectivity index (χ2v) is 3.75. The van der Waals surface area contributed by atoms with Crippen LogP contribution in [0.15, 0.2) is 0 Å². The van der Waals surface area contributed by atoms with Crippen LogP contribution in [-0.4, -0.2) is 16.5 Å². The topological polar surface area (TPSA) is 63.8 Å². The molecule has 0 fully saturated rings. The monoisotopic (exact) mass is 208 g/mol. The molecule has 0 aliphatic rings. The maximum atomic E-state index is 5.82. The van der Waals surface area contributed by atoms with Gasteiger partial charge in [0.05, 0.1) is 11.4 Å². The molecule has 1 heterocycles. The lowest BCUT2D eigenvalue weighted by Gasteiger charge is -2.11. The molecular weight excluding hydrogens is 188 g/mol. The average molecular weight is 208 g/mol. The fourth-order valence-electron chi connectivity index (χ4n) is 1.55. The summed E-state index contributed by atoms with van der Waals surface area (Å²) >= 11 is 0. The van der Waals surface area contributed by atoms with Gasteiger partial charge in [-0.3, -0.25) is 0 Å². The number of hydrogen-bond acceptors (Lipinski definition) is 4. The highest BCUT2D eigenvalue weighted by Gasteiger charge is 2.05. The molecule has 84 valence electrons. The first-order valence-corrected chi connectivity index (χ1v) is 5.49. The molecular formula is C11H20N4. The van der Waals surface area contributed by atoms with Gasteiger partial charge in [-0.2, -0.15) is 0 Å². The molecule has 0 bridgehead atoms. The average Bonchev–Trinajstić information content (AvgIpc) is 2.15. The second-order valence-electron chi connectivity index (χ2n) is 3.75. The smallest absolute Gasteiger partial charge is 0.150 e. The quantitative estimate of drug-likeness (QED) is 0.729. The Morgan fingerprint density at radius 1 is 1.20 bits per heavy atom. The zero-order chi connectivity index (χ0) is 11.3. The van der Waals surface area contributed by atoms with Gasteiger partial charge in [-0.05, 0) is 20.3 Å². The highest BCUT2D eigenvalue weighted by Crippen LogP contribution is 2.19. The normalized spacial score (nSPS) is 10.3. The Bertz CT molecular complexity index is 299. The molecule has 0 saturated heterocycles. The molecule has 3 N–H and O–H groups in total. The first-order chi connectivity index (χ1) is 7.15. The van der Waals surface area contributed by atoms with Crippen LogP contribution in [0.3, 0.4) is 0 Å². The Labute approximate surface area is 91.3 Å². The molecule has 0 radical (unpaired) electrons. The van der Waals surface area contributed by atoms with Gasteiger partial charge in [0.2, 0.25) is 0 Å². The van der Waals surface area contributed by atoms with Gasteiger partial charge in [-0.15, -0.1) is 0 Å². The lowest BCUT2D eigenvalue weighted by molar-refractivity contribution is 0.743. The predicted molar refractivity (Wildman–Crippen MR) is 63.9 cm³/mol. The minimum absolute atomic E-state index is 0.552. The Hall–Kier alpha value is -1.32. The van der Waals surface area contributed by atoms with E-state index >= 15 is 0 Å². The molecule has 0 aliphatic heterocycles. The Morgan fingerprint density at radius 2 is 1.93 bits per heavy atom. The van der Waals surface area contributed by atoms with Crippen LogP contribution in [0, 0.1) is 13.8 Å². The molecule has 0 saturated carbocycles. The molecule has 4 heteroatoms. The molecule has 0 aromatic carbocycles. The van der Waals surface area contributed by atoms with Crippen LogP contribution in [0.5, 0.6) is 0 Å². The molecule has 15 heavy (non-hydrogen) atoms. The van der Waals surface area contributed by atoms with Gasteiger partial charge in [-0.1, -0.05) is 19.8 Å². The van der Waals surface area contributed by atoms with Crippen molar-refractivity contribution < 1.29 is 0 Å². The van der Waals surface area contributed by atoms with Crippen LogP contribution in [0.1, 0.15) is 37.7 Å². The van der Waals surface area contributed by atoms with E-state index in [1.54, 1.807) is 0 Å². The van der Waals surface area contributed by atoms with Gasteiger partial charge >= 0.3 is 0 Å². The Kier molecular flexibility index (Phi) is 4.34. The predicted octanol–water partition coefficient (Wildman–Crippen LogP) is 2.28. The summed E-state index contributed by atoms with van der Waals surface area (Å²) in [5, 5.41) is 3.29. The number of nitrogens with one attached hydrogen (secondary N) is 1. The van der Waals surface area contributed by atoms with Crippen molar-refractivity contribution in [2.45, 2.75) is 40.0 Å². The molecule has 0 atom stereocenters. The van der Waals surface area contributed by atoms with E-state index in [4.69, 9.17) is 5.73 Å². The lowest BCUT2D eigenvalue weighted by atomic mass is 10.2. The van der Waals surface area contributed by atoms with Crippen LogP contribution in [-0.2, 0) is 0 Å². The SMILES string of the molecule is CCCCCNc1c(C)nc(C)nc1N. The maximum absolute atomic E-state index is 5.82. The van der Waals surface area contributed by atoms with Crippen LogP contribution in [0.2, 0.25) is 0 Å². The van der Waals surface area contributed by atoms with Crippen LogP contribution in [0.4, 0.5) is 11.5 Å². The van der Waals surface area contributed by atoms with E-state index in [9.17, 15) is 0 Å². The summed E-state index contributed by atoms with van der Waals surface area (Å²) in [6, 6.07) is 0. The zero-order valence-corrected chi connectivity index (χ0v) is 9.80. The third kappa shape index (κ3) is 3.38. The molecule has 1 rings (SSSR count). The van der Waals surface area contributed by atoms with Crippen molar-refractivity contribution in [2.24, 2.45) is 0 Å². The van der Waals surface area contributed by atoms with E-state index in [0.717, 1.165) is 30.2 Å². The zero-order valence-electron chi connectivity index (χ0n) is 9.80. The highest BCUT2D eigenvalue weighted by molar-refractivity contribution is 5.64. The van der Waals surface area contributed by atoms with Crippen LogP contribution < -0.4 is 11.1 Å². The molecule has 0 amide bonds. The first kappa shape index (κ1) is 11.8. The van der Waals surface area contributed by atoms with Crippen molar-refractivity contribution in [3.05, 3.63) is 11.5 Å². The van der Waals surface area contributed by atoms with E-state index in [-0.39, 0.29) is 0 Å². The number of aryl methyl sites for hydroxylation is 2. The number of nitrogens with zero attached hydrogens (tertiary/aromatic N) is 2.